The van der Waals surface area contributed by atoms with Gasteiger partial charge in [0.2, 0.25) is 0 Å². The normalized spacial score (nSPS) is 15.1. The average molecular weight is 285 g/mol. The fraction of sp³-hybridized carbons (Fsp3) is 0.308. The van der Waals surface area contributed by atoms with E-state index in [2.05, 4.69) is 16.7 Å². The lowest BCUT2D eigenvalue weighted by atomic mass is 10.1. The van der Waals surface area contributed by atoms with Crippen LogP contribution in [0.2, 0.25) is 10.0 Å². The summed E-state index contributed by atoms with van der Waals surface area (Å²) in [5.74, 6) is -0.131. The summed E-state index contributed by atoms with van der Waals surface area (Å²) in [5, 5.41) is 6.95. The smallest absolute Gasteiger partial charge is 0.251 e. The molecule has 2 N–H and O–H groups in total. The Hall–Kier alpha value is -1.03. The average Bonchev–Trinajstić information content (AvgIpc) is 2.40. The molecule has 1 heterocycles. The van der Waals surface area contributed by atoms with Crippen molar-refractivity contribution in [1.29, 1.82) is 0 Å². The summed E-state index contributed by atoms with van der Waals surface area (Å²) in [7, 11) is 0. The highest BCUT2D eigenvalue weighted by Crippen LogP contribution is 2.22. The molecule has 0 unspecified atom stereocenters. The summed E-state index contributed by atoms with van der Waals surface area (Å²) < 4.78 is 0. The third-order valence-corrected chi connectivity index (χ3v) is 3.55. The lowest BCUT2D eigenvalue weighted by Gasteiger charge is -2.14. The van der Waals surface area contributed by atoms with E-state index >= 15 is 0 Å². The molecule has 0 spiro atoms. The number of halogens is 2. The van der Waals surface area contributed by atoms with Crippen LogP contribution < -0.4 is 10.6 Å². The van der Waals surface area contributed by atoms with Gasteiger partial charge in [-0.3, -0.25) is 4.79 Å². The first kappa shape index (κ1) is 13.4. The quantitative estimate of drug-likeness (QED) is 0.838. The molecule has 0 fully saturated rings. The van der Waals surface area contributed by atoms with Crippen molar-refractivity contribution in [3.63, 3.8) is 0 Å². The summed E-state index contributed by atoms with van der Waals surface area (Å²) in [6, 6.07) is 4.87. The van der Waals surface area contributed by atoms with E-state index in [0.717, 1.165) is 19.5 Å². The SMILES string of the molecule is O=C(NCC1=CCNCC1)c1ccc(Cl)c(Cl)c1. The Bertz CT molecular complexity index is 486. The van der Waals surface area contributed by atoms with E-state index in [1.54, 1.807) is 18.2 Å². The van der Waals surface area contributed by atoms with Crippen LogP contribution in [0.25, 0.3) is 0 Å². The van der Waals surface area contributed by atoms with Crippen molar-refractivity contribution >= 4 is 29.1 Å². The molecule has 1 aromatic carbocycles. The number of nitrogens with one attached hydrogen (secondary N) is 2. The van der Waals surface area contributed by atoms with Gasteiger partial charge in [-0.1, -0.05) is 34.9 Å². The molecule has 1 aliphatic heterocycles. The molecular weight excluding hydrogens is 271 g/mol. The predicted octanol–water partition coefficient (Wildman–Crippen LogP) is 2.64. The van der Waals surface area contributed by atoms with Gasteiger partial charge in [-0.15, -0.1) is 0 Å². The van der Waals surface area contributed by atoms with Crippen LogP contribution in [0.15, 0.2) is 29.8 Å². The number of amides is 1. The maximum atomic E-state index is 11.9. The molecular formula is C13H14Cl2N2O. The van der Waals surface area contributed by atoms with Crippen LogP contribution in [0.4, 0.5) is 0 Å². The Morgan fingerprint density at radius 2 is 2.17 bits per heavy atom. The first-order valence-corrected chi connectivity index (χ1v) is 6.54. The highest BCUT2D eigenvalue weighted by Gasteiger charge is 2.09. The van der Waals surface area contributed by atoms with Crippen LogP contribution in [-0.2, 0) is 0 Å². The molecule has 96 valence electrons. The topological polar surface area (TPSA) is 41.1 Å². The second-order valence-corrected chi connectivity index (χ2v) is 4.94. The van der Waals surface area contributed by atoms with Crippen molar-refractivity contribution in [3.8, 4) is 0 Å². The first-order chi connectivity index (χ1) is 8.66. The maximum Gasteiger partial charge on any atom is 0.251 e. The lowest BCUT2D eigenvalue weighted by molar-refractivity contribution is 0.0956. The van der Waals surface area contributed by atoms with Gasteiger partial charge in [-0.2, -0.15) is 0 Å². The van der Waals surface area contributed by atoms with Gasteiger partial charge in [-0.05, 0) is 31.2 Å². The van der Waals surface area contributed by atoms with Crippen molar-refractivity contribution in [2.45, 2.75) is 6.42 Å². The van der Waals surface area contributed by atoms with E-state index in [1.807, 2.05) is 0 Å². The minimum Gasteiger partial charge on any atom is -0.348 e. The van der Waals surface area contributed by atoms with Gasteiger partial charge in [0.1, 0.15) is 0 Å². The van der Waals surface area contributed by atoms with Crippen molar-refractivity contribution in [1.82, 2.24) is 10.6 Å². The number of carbonyl (C=O) groups excluding carboxylic acids is 1. The zero-order valence-electron chi connectivity index (χ0n) is 9.80. The van der Waals surface area contributed by atoms with Crippen molar-refractivity contribution in [3.05, 3.63) is 45.5 Å². The van der Waals surface area contributed by atoms with Crippen LogP contribution in [0.3, 0.4) is 0 Å². The third-order valence-electron chi connectivity index (χ3n) is 2.82. The van der Waals surface area contributed by atoms with Crippen LogP contribution >= 0.6 is 23.2 Å². The van der Waals surface area contributed by atoms with Gasteiger partial charge in [0.05, 0.1) is 10.0 Å². The highest BCUT2D eigenvalue weighted by atomic mass is 35.5. The molecule has 2 rings (SSSR count). The number of hydrogen-bond acceptors (Lipinski definition) is 2. The molecule has 1 amide bonds. The maximum absolute atomic E-state index is 11.9. The van der Waals surface area contributed by atoms with E-state index in [1.165, 1.54) is 5.57 Å². The Morgan fingerprint density at radius 3 is 2.83 bits per heavy atom. The van der Waals surface area contributed by atoms with Crippen molar-refractivity contribution in [2.75, 3.05) is 19.6 Å². The molecule has 0 atom stereocenters. The summed E-state index contributed by atoms with van der Waals surface area (Å²) in [5.41, 5.74) is 1.78. The van der Waals surface area contributed by atoms with Crippen molar-refractivity contribution < 1.29 is 4.79 Å². The zero-order chi connectivity index (χ0) is 13.0. The molecule has 3 nitrogen and oxygen atoms in total. The van der Waals surface area contributed by atoms with Crippen LogP contribution in [0, 0.1) is 0 Å². The van der Waals surface area contributed by atoms with Crippen LogP contribution in [0.1, 0.15) is 16.8 Å². The number of hydrogen-bond donors (Lipinski definition) is 2. The fourth-order valence-electron chi connectivity index (χ4n) is 1.76. The van der Waals surface area contributed by atoms with Crippen molar-refractivity contribution in [2.24, 2.45) is 0 Å². The molecule has 0 radical (unpaired) electrons. The number of benzene rings is 1. The largest absolute Gasteiger partial charge is 0.348 e. The summed E-state index contributed by atoms with van der Waals surface area (Å²) in [4.78, 5) is 11.9. The van der Waals surface area contributed by atoms with E-state index in [0.29, 0.717) is 22.2 Å². The van der Waals surface area contributed by atoms with E-state index in [-0.39, 0.29) is 5.91 Å². The summed E-state index contributed by atoms with van der Waals surface area (Å²) in [6.07, 6.45) is 3.08. The Labute approximate surface area is 116 Å². The molecule has 0 aliphatic carbocycles. The molecule has 0 saturated carbocycles. The monoisotopic (exact) mass is 284 g/mol. The van der Waals surface area contributed by atoms with Gasteiger partial charge >= 0.3 is 0 Å². The van der Waals surface area contributed by atoms with Gasteiger partial charge in [0.25, 0.3) is 5.91 Å². The Kier molecular flexibility index (Phi) is 4.64. The number of rotatable bonds is 3. The lowest BCUT2D eigenvalue weighted by Crippen LogP contribution is -2.29. The Morgan fingerprint density at radius 1 is 1.33 bits per heavy atom. The summed E-state index contributed by atoms with van der Waals surface area (Å²) in [6.45, 7) is 2.42. The fourth-order valence-corrected chi connectivity index (χ4v) is 2.06. The minimum absolute atomic E-state index is 0.131. The van der Waals surface area contributed by atoms with E-state index in [9.17, 15) is 4.79 Å². The molecule has 0 aromatic heterocycles. The van der Waals surface area contributed by atoms with Crippen LogP contribution in [0.5, 0.6) is 0 Å². The van der Waals surface area contributed by atoms with Crippen LogP contribution in [-0.4, -0.2) is 25.5 Å². The molecule has 1 aliphatic rings. The standard InChI is InChI=1S/C13H14Cl2N2O/c14-11-2-1-10(7-12(11)15)13(18)17-8-9-3-5-16-6-4-9/h1-3,7,16H,4-6,8H2,(H,17,18). The van der Waals surface area contributed by atoms with Gasteiger partial charge in [0, 0.05) is 18.7 Å². The van der Waals surface area contributed by atoms with Gasteiger partial charge in [0.15, 0.2) is 0 Å². The van der Waals surface area contributed by atoms with Gasteiger partial charge < -0.3 is 10.6 Å². The third kappa shape index (κ3) is 3.48. The van der Waals surface area contributed by atoms with Gasteiger partial charge in [-0.25, -0.2) is 0 Å². The second-order valence-electron chi connectivity index (χ2n) is 4.13. The molecule has 0 saturated heterocycles. The second kappa shape index (κ2) is 6.23. The molecule has 5 heteroatoms. The molecule has 0 bridgehead atoms. The summed E-state index contributed by atoms with van der Waals surface area (Å²) >= 11 is 11.7. The zero-order valence-corrected chi connectivity index (χ0v) is 11.3. The van der Waals surface area contributed by atoms with E-state index in [4.69, 9.17) is 23.2 Å². The van der Waals surface area contributed by atoms with E-state index < -0.39 is 0 Å². The minimum atomic E-state index is -0.131. The molecule has 1 aromatic rings. The highest BCUT2D eigenvalue weighted by molar-refractivity contribution is 6.42. The number of carbonyl (C=O) groups is 1. The Balaban J connectivity index is 1.95. The first-order valence-electron chi connectivity index (χ1n) is 5.78. The predicted molar refractivity (Wildman–Crippen MR) is 74.4 cm³/mol. The molecule has 18 heavy (non-hydrogen) atoms.